The van der Waals surface area contributed by atoms with Gasteiger partial charge in [0.25, 0.3) is 0 Å². The van der Waals surface area contributed by atoms with Gasteiger partial charge in [-0.3, -0.25) is 4.79 Å². The Balaban J connectivity index is 2.49. The van der Waals surface area contributed by atoms with Crippen molar-refractivity contribution < 1.29 is 9.53 Å². The highest BCUT2D eigenvalue weighted by atomic mass is 127. The van der Waals surface area contributed by atoms with E-state index in [-0.39, 0.29) is 5.78 Å². The number of hydrogen-bond donors (Lipinski definition) is 0. The Kier molecular flexibility index (Phi) is 4.86. The molecule has 0 saturated heterocycles. The van der Waals surface area contributed by atoms with Crippen molar-refractivity contribution in [1.82, 2.24) is 0 Å². The summed E-state index contributed by atoms with van der Waals surface area (Å²) < 4.78 is 6.96. The molecule has 0 aliphatic rings. The third kappa shape index (κ3) is 3.30. The summed E-state index contributed by atoms with van der Waals surface area (Å²) in [4.78, 5) is 12.5. The minimum Gasteiger partial charge on any atom is -0.496 e. The topological polar surface area (TPSA) is 26.3 Å². The van der Waals surface area contributed by atoms with Gasteiger partial charge in [0.1, 0.15) is 5.75 Å². The number of hydrogen-bond acceptors (Lipinski definition) is 2. The molecule has 0 bridgehead atoms. The number of benzene rings is 2. The minimum absolute atomic E-state index is 0.114. The fourth-order valence-corrected chi connectivity index (χ4v) is 2.53. The highest BCUT2D eigenvalue weighted by Crippen LogP contribution is 2.27. The number of carbonyl (C=O) groups excluding carboxylic acids is 1. The Morgan fingerprint density at radius 3 is 2.63 bits per heavy atom. The second-order valence-electron chi connectivity index (χ2n) is 3.80. The van der Waals surface area contributed by atoms with Crippen molar-refractivity contribution in [3.63, 3.8) is 0 Å². The Hall–Kier alpha value is -0.590. The molecule has 0 atom stereocenters. The normalized spacial score (nSPS) is 10.3. The summed E-state index contributed by atoms with van der Waals surface area (Å²) in [7, 11) is 1.54. The molecule has 98 valence electrons. The van der Waals surface area contributed by atoms with Gasteiger partial charge in [-0.15, -0.1) is 0 Å². The van der Waals surface area contributed by atoms with Gasteiger partial charge in [0.05, 0.1) is 17.7 Å². The lowest BCUT2D eigenvalue weighted by atomic mass is 10.0. The summed E-state index contributed by atoms with van der Waals surface area (Å²) in [5, 5.41) is 0.570. The largest absolute Gasteiger partial charge is 0.496 e. The molecule has 2 nitrogen and oxygen atoms in total. The van der Waals surface area contributed by atoms with E-state index in [1.54, 1.807) is 31.4 Å². The zero-order valence-corrected chi connectivity index (χ0v) is 14.4. The quantitative estimate of drug-likeness (QED) is 0.488. The van der Waals surface area contributed by atoms with Crippen LogP contribution in [0.1, 0.15) is 15.9 Å². The molecule has 19 heavy (non-hydrogen) atoms. The molecule has 0 amide bonds. The first-order valence-corrected chi connectivity index (χ1v) is 7.61. The number of ketones is 1. The molecule has 0 radical (unpaired) electrons. The first-order valence-electron chi connectivity index (χ1n) is 5.36. The van der Waals surface area contributed by atoms with E-state index in [1.807, 2.05) is 12.1 Å². The van der Waals surface area contributed by atoms with E-state index in [0.29, 0.717) is 21.9 Å². The smallest absolute Gasteiger partial charge is 0.196 e. The van der Waals surface area contributed by atoms with Crippen LogP contribution in [0.4, 0.5) is 0 Å². The van der Waals surface area contributed by atoms with Crippen molar-refractivity contribution >= 4 is 55.9 Å². The van der Waals surface area contributed by atoms with E-state index in [0.717, 1.165) is 8.04 Å². The lowest BCUT2D eigenvalue weighted by molar-refractivity contribution is 0.103. The van der Waals surface area contributed by atoms with E-state index < -0.39 is 0 Å². The van der Waals surface area contributed by atoms with Crippen molar-refractivity contribution in [3.8, 4) is 5.75 Å². The van der Waals surface area contributed by atoms with Crippen LogP contribution >= 0.6 is 50.1 Å². The summed E-state index contributed by atoms with van der Waals surface area (Å²) in [5.41, 5.74) is 1.05. The molecule has 0 spiro atoms. The maximum Gasteiger partial charge on any atom is 0.196 e. The lowest BCUT2D eigenvalue weighted by Gasteiger charge is -2.09. The molecule has 0 aliphatic heterocycles. The van der Waals surface area contributed by atoms with Crippen molar-refractivity contribution in [2.24, 2.45) is 0 Å². The van der Waals surface area contributed by atoms with Gasteiger partial charge >= 0.3 is 0 Å². The number of rotatable bonds is 3. The van der Waals surface area contributed by atoms with Crippen molar-refractivity contribution in [3.05, 3.63) is 60.6 Å². The van der Waals surface area contributed by atoms with Crippen LogP contribution in [-0.2, 0) is 0 Å². The average Bonchev–Trinajstić information content (AvgIpc) is 2.41. The Morgan fingerprint density at radius 2 is 2.00 bits per heavy atom. The summed E-state index contributed by atoms with van der Waals surface area (Å²) >= 11 is 11.5. The fourth-order valence-electron chi connectivity index (χ4n) is 1.65. The molecule has 5 heteroatoms. The number of halogens is 3. The van der Waals surface area contributed by atoms with Crippen LogP contribution in [0.5, 0.6) is 5.75 Å². The molecule has 0 N–H and O–H groups in total. The molecule has 2 aromatic carbocycles. The second-order valence-corrected chi connectivity index (χ2v) is 6.29. The van der Waals surface area contributed by atoms with Gasteiger partial charge in [0.15, 0.2) is 5.78 Å². The van der Waals surface area contributed by atoms with Crippen LogP contribution < -0.4 is 4.74 Å². The molecular formula is C14H9BrClIO2. The van der Waals surface area contributed by atoms with E-state index >= 15 is 0 Å². The van der Waals surface area contributed by atoms with Crippen LogP contribution in [0.2, 0.25) is 5.02 Å². The molecule has 0 saturated carbocycles. The van der Waals surface area contributed by atoms with Gasteiger partial charge in [-0.1, -0.05) is 27.5 Å². The first kappa shape index (κ1) is 14.8. The highest BCUT2D eigenvalue weighted by molar-refractivity contribution is 14.1. The third-order valence-corrected chi connectivity index (χ3v) is 4.65. The standard InChI is InChI=1S/C14H9BrClIO2/c1-19-13-5-3-9(15)7-10(13)14(18)8-2-4-12(17)11(16)6-8/h2-7H,1H3. The molecule has 0 unspecified atom stereocenters. The Labute approximate surface area is 138 Å². The van der Waals surface area contributed by atoms with E-state index in [4.69, 9.17) is 16.3 Å². The monoisotopic (exact) mass is 450 g/mol. The molecule has 2 rings (SSSR count). The molecule has 0 aromatic heterocycles. The zero-order chi connectivity index (χ0) is 14.0. The Bertz CT molecular complexity index is 643. The molecule has 0 aliphatic carbocycles. The van der Waals surface area contributed by atoms with Crippen molar-refractivity contribution in [1.29, 1.82) is 0 Å². The van der Waals surface area contributed by atoms with Gasteiger partial charge in [0, 0.05) is 13.6 Å². The van der Waals surface area contributed by atoms with E-state index in [2.05, 4.69) is 38.5 Å². The summed E-state index contributed by atoms with van der Waals surface area (Å²) in [6, 6.07) is 10.6. The predicted octanol–water partition coefficient (Wildman–Crippen LogP) is 4.95. The maximum atomic E-state index is 12.5. The number of carbonyl (C=O) groups is 1. The predicted molar refractivity (Wildman–Crippen MR) is 88.3 cm³/mol. The minimum atomic E-state index is -0.114. The van der Waals surface area contributed by atoms with E-state index in [1.165, 1.54) is 0 Å². The number of methoxy groups -OCH3 is 1. The van der Waals surface area contributed by atoms with Gasteiger partial charge in [-0.2, -0.15) is 0 Å². The number of ether oxygens (including phenoxy) is 1. The van der Waals surface area contributed by atoms with Gasteiger partial charge in [-0.25, -0.2) is 0 Å². The maximum absolute atomic E-state index is 12.5. The van der Waals surface area contributed by atoms with Crippen LogP contribution in [0.25, 0.3) is 0 Å². The molecular weight excluding hydrogens is 442 g/mol. The summed E-state index contributed by atoms with van der Waals surface area (Å²) in [5.74, 6) is 0.430. The van der Waals surface area contributed by atoms with Gasteiger partial charge in [-0.05, 0) is 59.0 Å². The molecule has 2 aromatic rings. The van der Waals surface area contributed by atoms with Crippen LogP contribution in [0.3, 0.4) is 0 Å². The first-order chi connectivity index (χ1) is 9.02. The second kappa shape index (κ2) is 6.24. The van der Waals surface area contributed by atoms with Gasteiger partial charge in [0.2, 0.25) is 0 Å². The molecule has 0 heterocycles. The fraction of sp³-hybridized carbons (Fsp3) is 0.0714. The van der Waals surface area contributed by atoms with E-state index in [9.17, 15) is 4.79 Å². The van der Waals surface area contributed by atoms with Gasteiger partial charge < -0.3 is 4.74 Å². The third-order valence-electron chi connectivity index (χ3n) is 2.59. The average molecular weight is 451 g/mol. The van der Waals surface area contributed by atoms with Crippen molar-refractivity contribution in [2.45, 2.75) is 0 Å². The molecule has 0 fully saturated rings. The van der Waals surface area contributed by atoms with Crippen LogP contribution in [0, 0.1) is 3.57 Å². The van der Waals surface area contributed by atoms with Crippen LogP contribution in [-0.4, -0.2) is 12.9 Å². The zero-order valence-electron chi connectivity index (χ0n) is 9.91. The Morgan fingerprint density at radius 1 is 1.26 bits per heavy atom. The summed E-state index contributed by atoms with van der Waals surface area (Å²) in [6.45, 7) is 0. The summed E-state index contributed by atoms with van der Waals surface area (Å²) in [6.07, 6.45) is 0. The SMILES string of the molecule is COc1ccc(Br)cc1C(=O)c1ccc(I)c(Cl)c1. The lowest BCUT2D eigenvalue weighted by Crippen LogP contribution is -2.04. The van der Waals surface area contributed by atoms with Crippen LogP contribution in [0.15, 0.2) is 40.9 Å². The van der Waals surface area contributed by atoms with Crippen molar-refractivity contribution in [2.75, 3.05) is 7.11 Å². The highest BCUT2D eigenvalue weighted by Gasteiger charge is 2.15.